The van der Waals surface area contributed by atoms with E-state index in [0.717, 1.165) is 5.56 Å². The minimum Gasteiger partial charge on any atom is -0.497 e. The molecule has 6 atom stereocenters. The van der Waals surface area contributed by atoms with Crippen molar-refractivity contribution in [1.82, 2.24) is 5.32 Å². The highest BCUT2D eigenvalue weighted by molar-refractivity contribution is 5.73. The van der Waals surface area contributed by atoms with Gasteiger partial charge in [0.1, 0.15) is 30.1 Å². The Bertz CT molecular complexity index is 578. The van der Waals surface area contributed by atoms with E-state index < -0.39 is 36.9 Å². The largest absolute Gasteiger partial charge is 0.497 e. The number of rotatable bonds is 3. The quantitative estimate of drug-likeness (QED) is 0.694. The Morgan fingerprint density at radius 3 is 2.58 bits per heavy atom. The number of amides is 1. The molecule has 1 aromatic rings. The molecule has 0 aliphatic carbocycles. The highest BCUT2D eigenvalue weighted by atomic mass is 16.7. The van der Waals surface area contributed by atoms with E-state index in [1.807, 2.05) is 0 Å². The fourth-order valence-corrected chi connectivity index (χ4v) is 2.93. The van der Waals surface area contributed by atoms with Crippen LogP contribution in [0, 0.1) is 0 Å². The van der Waals surface area contributed by atoms with Gasteiger partial charge in [-0.2, -0.15) is 0 Å². The third kappa shape index (κ3) is 3.38. The minimum absolute atomic E-state index is 0.155. The van der Waals surface area contributed by atoms with Crippen LogP contribution in [0.4, 0.5) is 0 Å². The van der Waals surface area contributed by atoms with Crippen molar-refractivity contribution < 1.29 is 34.0 Å². The predicted molar refractivity (Wildman–Crippen MR) is 81.1 cm³/mol. The van der Waals surface area contributed by atoms with E-state index >= 15 is 0 Å². The van der Waals surface area contributed by atoms with Crippen molar-refractivity contribution in [3.8, 4) is 5.75 Å². The molecular weight excluding hydrogens is 318 g/mol. The second-order valence-electron chi connectivity index (χ2n) is 5.82. The van der Waals surface area contributed by atoms with Crippen molar-refractivity contribution in [2.24, 2.45) is 0 Å². The molecule has 0 spiro atoms. The van der Waals surface area contributed by atoms with Crippen molar-refractivity contribution in [3.05, 3.63) is 29.8 Å². The zero-order chi connectivity index (χ0) is 17.3. The molecule has 2 aliphatic heterocycles. The van der Waals surface area contributed by atoms with E-state index in [1.165, 1.54) is 6.92 Å². The summed E-state index contributed by atoms with van der Waals surface area (Å²) in [6, 6.07) is 6.22. The van der Waals surface area contributed by atoms with Crippen LogP contribution in [0.5, 0.6) is 5.75 Å². The molecule has 1 aromatic carbocycles. The van der Waals surface area contributed by atoms with Crippen LogP contribution in [0.25, 0.3) is 0 Å². The van der Waals surface area contributed by atoms with E-state index in [9.17, 15) is 15.0 Å². The van der Waals surface area contributed by atoms with Crippen LogP contribution in [0.2, 0.25) is 0 Å². The number of nitrogens with one attached hydrogen (secondary N) is 1. The van der Waals surface area contributed by atoms with Gasteiger partial charge >= 0.3 is 0 Å². The first-order chi connectivity index (χ1) is 11.5. The maximum absolute atomic E-state index is 11.2. The lowest BCUT2D eigenvalue weighted by molar-refractivity contribution is -0.337. The van der Waals surface area contributed by atoms with Crippen LogP contribution in [0.15, 0.2) is 24.3 Å². The highest BCUT2D eigenvalue weighted by Crippen LogP contribution is 2.34. The van der Waals surface area contributed by atoms with Gasteiger partial charge in [-0.3, -0.25) is 4.79 Å². The highest BCUT2D eigenvalue weighted by Gasteiger charge is 2.49. The van der Waals surface area contributed by atoms with Gasteiger partial charge in [0.15, 0.2) is 12.6 Å². The van der Waals surface area contributed by atoms with Gasteiger partial charge in [-0.1, -0.05) is 12.1 Å². The Labute approximate surface area is 139 Å². The maximum Gasteiger partial charge on any atom is 0.217 e. The third-order valence-corrected chi connectivity index (χ3v) is 4.14. The molecule has 24 heavy (non-hydrogen) atoms. The number of ether oxygens (including phenoxy) is 4. The first-order valence-corrected chi connectivity index (χ1v) is 7.69. The number of methoxy groups -OCH3 is 1. The summed E-state index contributed by atoms with van der Waals surface area (Å²) in [5, 5.41) is 22.9. The molecule has 0 unspecified atom stereocenters. The van der Waals surface area contributed by atoms with Gasteiger partial charge in [-0.15, -0.1) is 0 Å². The van der Waals surface area contributed by atoms with E-state index in [4.69, 9.17) is 18.9 Å². The molecule has 8 nitrogen and oxygen atoms in total. The Morgan fingerprint density at radius 2 is 1.96 bits per heavy atom. The number of benzene rings is 1. The van der Waals surface area contributed by atoms with Gasteiger partial charge in [-0.25, -0.2) is 0 Å². The molecule has 2 heterocycles. The van der Waals surface area contributed by atoms with E-state index in [0.29, 0.717) is 5.75 Å². The van der Waals surface area contributed by atoms with Gasteiger partial charge in [0.25, 0.3) is 0 Å². The van der Waals surface area contributed by atoms with Gasteiger partial charge < -0.3 is 34.5 Å². The van der Waals surface area contributed by atoms with Crippen LogP contribution in [0.3, 0.4) is 0 Å². The summed E-state index contributed by atoms with van der Waals surface area (Å²) in [5.74, 6) is 0.334. The Kier molecular flexibility index (Phi) is 5.02. The van der Waals surface area contributed by atoms with Gasteiger partial charge in [0.2, 0.25) is 5.91 Å². The smallest absolute Gasteiger partial charge is 0.217 e. The van der Waals surface area contributed by atoms with E-state index in [-0.39, 0.29) is 12.5 Å². The molecule has 0 aromatic heterocycles. The molecule has 1 amide bonds. The van der Waals surface area contributed by atoms with Gasteiger partial charge in [0.05, 0.1) is 13.7 Å². The lowest BCUT2D eigenvalue weighted by Crippen LogP contribution is -2.66. The van der Waals surface area contributed by atoms with Crippen LogP contribution in [-0.4, -0.2) is 60.5 Å². The van der Waals surface area contributed by atoms with Crippen LogP contribution < -0.4 is 10.1 Å². The van der Waals surface area contributed by atoms with Crippen LogP contribution >= 0.6 is 0 Å². The van der Waals surface area contributed by atoms with Crippen LogP contribution in [-0.2, 0) is 19.0 Å². The predicted octanol–water partition coefficient (Wildman–Crippen LogP) is -0.308. The van der Waals surface area contributed by atoms with Crippen molar-refractivity contribution in [3.63, 3.8) is 0 Å². The maximum atomic E-state index is 11.2. The first-order valence-electron chi connectivity index (χ1n) is 7.69. The van der Waals surface area contributed by atoms with Crippen LogP contribution in [0.1, 0.15) is 18.8 Å². The van der Waals surface area contributed by atoms with Crippen molar-refractivity contribution >= 4 is 5.91 Å². The molecule has 2 aliphatic rings. The molecule has 0 bridgehead atoms. The second-order valence-corrected chi connectivity index (χ2v) is 5.82. The lowest BCUT2D eigenvalue weighted by atomic mass is 9.96. The molecule has 8 heteroatoms. The fraction of sp³-hybridized carbons (Fsp3) is 0.562. The average molecular weight is 339 g/mol. The summed E-state index contributed by atoms with van der Waals surface area (Å²) in [7, 11) is 1.58. The number of fused-ring (bicyclic) bond motifs is 1. The summed E-state index contributed by atoms with van der Waals surface area (Å²) >= 11 is 0. The normalized spacial score (nSPS) is 35.8. The van der Waals surface area contributed by atoms with E-state index in [2.05, 4.69) is 5.32 Å². The molecule has 0 radical (unpaired) electrons. The third-order valence-electron chi connectivity index (χ3n) is 4.14. The monoisotopic (exact) mass is 339 g/mol. The van der Waals surface area contributed by atoms with E-state index in [1.54, 1.807) is 31.4 Å². The van der Waals surface area contributed by atoms with Gasteiger partial charge in [0, 0.05) is 12.5 Å². The SMILES string of the molecule is COc1ccc([C@@H]2OC[C@H]3O[C@H](O)[C@H](NC(C)=O)[C@@H](O)[C@@H]3O2)cc1. The van der Waals surface area contributed by atoms with Crippen molar-refractivity contribution in [2.45, 2.75) is 43.9 Å². The zero-order valence-electron chi connectivity index (χ0n) is 13.4. The molecule has 0 saturated carbocycles. The molecule has 132 valence electrons. The number of hydrogen-bond donors (Lipinski definition) is 3. The number of carbonyl (C=O) groups is 1. The summed E-state index contributed by atoms with van der Waals surface area (Å²) in [4.78, 5) is 11.2. The minimum atomic E-state index is -1.32. The number of hydrogen-bond acceptors (Lipinski definition) is 7. The topological polar surface area (TPSA) is 106 Å². The summed E-state index contributed by atoms with van der Waals surface area (Å²) < 4.78 is 22.0. The molecule has 3 N–H and O–H groups in total. The van der Waals surface area contributed by atoms with Crippen molar-refractivity contribution in [1.29, 1.82) is 0 Å². The molecule has 2 saturated heterocycles. The Balaban J connectivity index is 1.73. The summed E-state index contributed by atoms with van der Waals surface area (Å²) in [6.07, 6.45) is -4.47. The number of carbonyl (C=O) groups excluding carboxylic acids is 1. The lowest BCUT2D eigenvalue weighted by Gasteiger charge is -2.46. The first kappa shape index (κ1) is 17.1. The van der Waals surface area contributed by atoms with Crippen molar-refractivity contribution in [2.75, 3.05) is 13.7 Å². The average Bonchev–Trinajstić information content (AvgIpc) is 2.58. The summed E-state index contributed by atoms with van der Waals surface area (Å²) in [6.45, 7) is 1.46. The Hall–Kier alpha value is -1.71. The standard InChI is InChI=1S/C16H21NO7/c1-8(18)17-12-13(19)14-11(23-15(12)20)7-22-16(24-14)9-3-5-10(21-2)6-4-9/h3-6,11-16,19-20H,7H2,1-2H3,(H,17,18)/t11-,12-,13-,14-,15+,16-/m1/s1. The molecular formula is C16H21NO7. The molecule has 3 rings (SSSR count). The van der Waals surface area contributed by atoms with Gasteiger partial charge in [-0.05, 0) is 12.1 Å². The number of aliphatic hydroxyl groups excluding tert-OH is 2. The fourth-order valence-electron chi connectivity index (χ4n) is 2.93. The number of aliphatic hydroxyl groups is 2. The zero-order valence-corrected chi connectivity index (χ0v) is 13.4. The Morgan fingerprint density at radius 1 is 1.25 bits per heavy atom. The second kappa shape index (κ2) is 7.04. The summed E-state index contributed by atoms with van der Waals surface area (Å²) in [5.41, 5.74) is 0.767. The molecule has 2 fully saturated rings.